The summed E-state index contributed by atoms with van der Waals surface area (Å²) in [4.78, 5) is 0.241. The molecule has 170 valence electrons. The molecule has 0 aliphatic heterocycles. The van der Waals surface area contributed by atoms with Crippen LogP contribution in [0.4, 0.5) is 5.69 Å². The first kappa shape index (κ1) is 22.8. The minimum atomic E-state index is -3.89. The molecule has 0 radical (unpaired) electrons. The Balaban J connectivity index is 1.81. The fourth-order valence-electron chi connectivity index (χ4n) is 3.74. The Bertz CT molecular complexity index is 1290. The molecule has 33 heavy (non-hydrogen) atoms. The standard InChI is InChI=1S/C27H29N3O2S/c1-27(2,3)26-25(21-29(28-26)19-22-13-7-4-8-14-22)33(31,32)30(24-17-11-6-12-18-24)20-23-15-9-5-10-16-23/h4-18,21H,19-20H2,1-3H3. The van der Waals surface area contributed by atoms with Crippen LogP contribution in [0.15, 0.2) is 102 Å². The van der Waals surface area contributed by atoms with Crippen LogP contribution in [0.2, 0.25) is 0 Å². The second-order valence-electron chi connectivity index (χ2n) is 9.11. The first-order chi connectivity index (χ1) is 15.7. The van der Waals surface area contributed by atoms with E-state index in [1.807, 2.05) is 112 Å². The van der Waals surface area contributed by atoms with E-state index in [0.29, 0.717) is 17.9 Å². The molecule has 1 aromatic heterocycles. The molecule has 0 N–H and O–H groups in total. The van der Waals surface area contributed by atoms with Crippen LogP contribution in [0.3, 0.4) is 0 Å². The van der Waals surface area contributed by atoms with Gasteiger partial charge < -0.3 is 0 Å². The van der Waals surface area contributed by atoms with Crippen molar-refractivity contribution in [3.8, 4) is 0 Å². The minimum Gasteiger partial charge on any atom is -0.267 e. The SMILES string of the molecule is CC(C)(C)c1nn(Cc2ccccc2)cc1S(=O)(=O)N(Cc1ccccc1)c1ccccc1. The predicted molar refractivity (Wildman–Crippen MR) is 133 cm³/mol. The van der Waals surface area contributed by atoms with E-state index in [1.165, 1.54) is 4.31 Å². The number of aromatic nitrogens is 2. The lowest BCUT2D eigenvalue weighted by molar-refractivity contribution is 0.532. The zero-order valence-electron chi connectivity index (χ0n) is 19.2. The second kappa shape index (κ2) is 9.24. The van der Waals surface area contributed by atoms with Crippen LogP contribution in [0, 0.1) is 0 Å². The summed E-state index contributed by atoms with van der Waals surface area (Å²) in [5, 5.41) is 4.74. The van der Waals surface area contributed by atoms with Crippen molar-refractivity contribution in [1.29, 1.82) is 0 Å². The maximum absolute atomic E-state index is 14.1. The Morgan fingerprint density at radius 3 is 1.85 bits per heavy atom. The molecule has 6 heteroatoms. The minimum absolute atomic E-state index is 0.237. The molecular formula is C27H29N3O2S. The van der Waals surface area contributed by atoms with E-state index in [1.54, 1.807) is 10.9 Å². The Morgan fingerprint density at radius 2 is 1.30 bits per heavy atom. The molecule has 0 unspecified atom stereocenters. The summed E-state index contributed by atoms with van der Waals surface area (Å²) in [6.07, 6.45) is 1.67. The molecule has 0 bridgehead atoms. The van der Waals surface area contributed by atoms with Gasteiger partial charge in [0.05, 0.1) is 24.5 Å². The summed E-state index contributed by atoms with van der Waals surface area (Å²) < 4.78 is 31.5. The summed E-state index contributed by atoms with van der Waals surface area (Å²) in [6, 6.07) is 28.8. The Labute approximate surface area is 196 Å². The van der Waals surface area contributed by atoms with E-state index in [4.69, 9.17) is 5.10 Å². The van der Waals surface area contributed by atoms with E-state index in [-0.39, 0.29) is 11.4 Å². The van der Waals surface area contributed by atoms with E-state index < -0.39 is 15.4 Å². The normalized spacial score (nSPS) is 12.0. The van der Waals surface area contributed by atoms with Crippen LogP contribution in [0.5, 0.6) is 0 Å². The molecule has 3 aromatic carbocycles. The number of para-hydroxylation sites is 1. The highest BCUT2D eigenvalue weighted by atomic mass is 32.2. The summed E-state index contributed by atoms with van der Waals surface area (Å²) in [6.45, 7) is 6.71. The van der Waals surface area contributed by atoms with Gasteiger partial charge in [0.25, 0.3) is 10.0 Å². The first-order valence-electron chi connectivity index (χ1n) is 11.0. The fourth-order valence-corrected chi connectivity index (χ4v) is 5.54. The number of hydrogen-bond donors (Lipinski definition) is 0. The maximum atomic E-state index is 14.1. The highest BCUT2D eigenvalue weighted by molar-refractivity contribution is 7.92. The Hall–Kier alpha value is -3.38. The van der Waals surface area contributed by atoms with Crippen molar-refractivity contribution in [3.63, 3.8) is 0 Å². The fraction of sp³-hybridized carbons (Fsp3) is 0.222. The van der Waals surface area contributed by atoms with Gasteiger partial charge in [0.15, 0.2) is 0 Å². The molecule has 0 saturated carbocycles. The van der Waals surface area contributed by atoms with Crippen molar-refractivity contribution < 1.29 is 8.42 Å². The van der Waals surface area contributed by atoms with Crippen LogP contribution < -0.4 is 4.31 Å². The monoisotopic (exact) mass is 459 g/mol. The van der Waals surface area contributed by atoms with Gasteiger partial charge in [-0.3, -0.25) is 8.99 Å². The van der Waals surface area contributed by atoms with Crippen molar-refractivity contribution in [2.24, 2.45) is 0 Å². The molecule has 4 rings (SSSR count). The van der Waals surface area contributed by atoms with Crippen molar-refractivity contribution in [2.75, 3.05) is 4.31 Å². The average molecular weight is 460 g/mol. The van der Waals surface area contributed by atoms with Crippen LogP contribution in [0.1, 0.15) is 37.6 Å². The van der Waals surface area contributed by atoms with Gasteiger partial charge in [0, 0.05) is 11.6 Å². The molecule has 0 aliphatic rings. The average Bonchev–Trinajstić information content (AvgIpc) is 3.25. The zero-order valence-corrected chi connectivity index (χ0v) is 20.0. The summed E-state index contributed by atoms with van der Waals surface area (Å²) in [7, 11) is -3.89. The predicted octanol–water partition coefficient (Wildman–Crippen LogP) is 5.62. The van der Waals surface area contributed by atoms with Gasteiger partial charge >= 0.3 is 0 Å². The van der Waals surface area contributed by atoms with Gasteiger partial charge in [-0.15, -0.1) is 0 Å². The van der Waals surface area contributed by atoms with Gasteiger partial charge in [0.1, 0.15) is 4.90 Å². The van der Waals surface area contributed by atoms with Gasteiger partial charge in [-0.2, -0.15) is 5.10 Å². The van der Waals surface area contributed by atoms with E-state index >= 15 is 0 Å². The quantitative estimate of drug-likeness (QED) is 0.360. The zero-order chi connectivity index (χ0) is 23.5. The lowest BCUT2D eigenvalue weighted by Crippen LogP contribution is -2.32. The molecule has 0 atom stereocenters. The number of benzene rings is 3. The lowest BCUT2D eigenvalue weighted by Gasteiger charge is -2.26. The van der Waals surface area contributed by atoms with E-state index in [9.17, 15) is 8.42 Å². The topological polar surface area (TPSA) is 55.2 Å². The lowest BCUT2D eigenvalue weighted by atomic mass is 9.92. The van der Waals surface area contributed by atoms with E-state index in [0.717, 1.165) is 11.1 Å². The number of nitrogens with zero attached hydrogens (tertiary/aromatic N) is 3. The second-order valence-corrected chi connectivity index (χ2v) is 10.9. The summed E-state index contributed by atoms with van der Waals surface area (Å²) in [5.41, 5.74) is 2.72. The van der Waals surface area contributed by atoms with Crippen molar-refractivity contribution >= 4 is 15.7 Å². The molecule has 0 amide bonds. The van der Waals surface area contributed by atoms with Crippen LogP contribution in [-0.4, -0.2) is 18.2 Å². The molecule has 1 heterocycles. The molecule has 0 saturated heterocycles. The first-order valence-corrected chi connectivity index (χ1v) is 12.4. The summed E-state index contributed by atoms with van der Waals surface area (Å²) >= 11 is 0. The van der Waals surface area contributed by atoms with Crippen LogP contribution in [-0.2, 0) is 28.5 Å². The Morgan fingerprint density at radius 1 is 0.788 bits per heavy atom. The maximum Gasteiger partial charge on any atom is 0.268 e. The molecule has 0 fully saturated rings. The third-order valence-corrected chi connectivity index (χ3v) is 7.18. The molecule has 5 nitrogen and oxygen atoms in total. The third-order valence-electron chi connectivity index (χ3n) is 5.41. The van der Waals surface area contributed by atoms with Crippen LogP contribution >= 0.6 is 0 Å². The Kier molecular flexibility index (Phi) is 6.38. The van der Waals surface area contributed by atoms with Gasteiger partial charge in [-0.1, -0.05) is 99.6 Å². The molecule has 4 aromatic rings. The van der Waals surface area contributed by atoms with Crippen LogP contribution in [0.25, 0.3) is 0 Å². The van der Waals surface area contributed by atoms with Gasteiger partial charge in [-0.25, -0.2) is 8.42 Å². The highest BCUT2D eigenvalue weighted by Crippen LogP contribution is 2.33. The van der Waals surface area contributed by atoms with Gasteiger partial charge in [-0.05, 0) is 23.3 Å². The highest BCUT2D eigenvalue weighted by Gasteiger charge is 2.34. The number of sulfonamides is 1. The van der Waals surface area contributed by atoms with Crippen molar-refractivity contribution in [1.82, 2.24) is 9.78 Å². The van der Waals surface area contributed by atoms with Gasteiger partial charge in [0.2, 0.25) is 0 Å². The molecule has 0 spiro atoms. The number of hydrogen-bond acceptors (Lipinski definition) is 3. The van der Waals surface area contributed by atoms with Crippen molar-refractivity contribution in [3.05, 3.63) is 114 Å². The number of rotatable bonds is 7. The smallest absolute Gasteiger partial charge is 0.267 e. The van der Waals surface area contributed by atoms with E-state index in [2.05, 4.69) is 0 Å². The number of anilines is 1. The molecular weight excluding hydrogens is 430 g/mol. The molecule has 0 aliphatic carbocycles. The summed E-state index contributed by atoms with van der Waals surface area (Å²) in [5.74, 6) is 0. The van der Waals surface area contributed by atoms with Crippen molar-refractivity contribution in [2.45, 2.75) is 44.2 Å². The largest absolute Gasteiger partial charge is 0.268 e. The third kappa shape index (κ3) is 5.17.